The van der Waals surface area contributed by atoms with Crippen molar-refractivity contribution in [3.63, 3.8) is 0 Å². The second-order valence-electron chi connectivity index (χ2n) is 13.5. The first-order chi connectivity index (χ1) is 23.4. The molecule has 4 heterocycles. The Balaban J connectivity index is 1.16. The summed E-state index contributed by atoms with van der Waals surface area (Å²) in [6.45, 7) is 4.97. The average Bonchev–Trinajstić information content (AvgIpc) is 3.92. The third-order valence-electron chi connectivity index (χ3n) is 10.1. The maximum atomic E-state index is 15.9. The number of aromatic amines is 1. The lowest BCUT2D eigenvalue weighted by Gasteiger charge is -2.35. The zero-order chi connectivity index (χ0) is 34.7. The number of rotatable bonds is 7. The zero-order valence-corrected chi connectivity index (χ0v) is 27.5. The number of alkyl carbamates (subject to hydrolysis) is 1. The summed E-state index contributed by atoms with van der Waals surface area (Å²) in [6, 6.07) is 7.42. The summed E-state index contributed by atoms with van der Waals surface area (Å²) in [5.74, 6) is -9.02. The molecule has 2 aromatic carbocycles. The summed E-state index contributed by atoms with van der Waals surface area (Å²) in [5, 5.41) is 5.99. The number of nitrogens with zero attached hydrogens (tertiary/aromatic N) is 3. The van der Waals surface area contributed by atoms with E-state index in [0.29, 0.717) is 42.9 Å². The van der Waals surface area contributed by atoms with Gasteiger partial charge in [-0.25, -0.2) is 9.78 Å². The Morgan fingerprint density at radius 2 is 1.69 bits per heavy atom. The fourth-order valence-corrected chi connectivity index (χ4v) is 7.43. The molecule has 2 amide bonds. The number of methoxy groups -OCH3 is 1. The lowest BCUT2D eigenvalue weighted by Crippen LogP contribution is -2.51. The van der Waals surface area contributed by atoms with Crippen LogP contribution in [0.4, 0.5) is 22.4 Å². The SMILES string of the molecule is COC(=O)N[C@H](C(=O)N1CCC[C@H]1c1ncc(-c2ccc3c(c2)C(F)(F)C(F)(F)c2cc(C4=CN=C([C@@H]5CCCN5)C4)ccc2-3)[nH]1)C(C)C. The van der Waals surface area contributed by atoms with Crippen LogP contribution in [0.3, 0.4) is 0 Å². The number of aliphatic imine (C=N–C) groups is 1. The van der Waals surface area contributed by atoms with E-state index in [-0.39, 0.29) is 34.6 Å². The number of amides is 2. The van der Waals surface area contributed by atoms with Gasteiger partial charge in [0.1, 0.15) is 11.9 Å². The van der Waals surface area contributed by atoms with E-state index in [1.807, 2.05) is 13.8 Å². The molecule has 3 aromatic rings. The van der Waals surface area contributed by atoms with Crippen LogP contribution in [-0.4, -0.2) is 64.9 Å². The molecule has 7 rings (SSSR count). The van der Waals surface area contributed by atoms with Crippen LogP contribution in [0.2, 0.25) is 0 Å². The zero-order valence-electron chi connectivity index (χ0n) is 27.5. The van der Waals surface area contributed by atoms with E-state index in [0.717, 1.165) is 36.7 Å². The smallest absolute Gasteiger partial charge is 0.407 e. The molecule has 4 aliphatic rings. The number of hydrogen-bond donors (Lipinski definition) is 3. The monoisotopic (exact) mass is 678 g/mol. The molecule has 1 aliphatic carbocycles. The Bertz CT molecular complexity index is 1860. The molecule has 0 bridgehead atoms. The van der Waals surface area contributed by atoms with Gasteiger partial charge in [0, 0.05) is 47.6 Å². The fraction of sp³-hybridized carbons (Fsp3) is 0.444. The summed E-state index contributed by atoms with van der Waals surface area (Å²) in [6.07, 6.45) is 6.16. The molecular weight excluding hydrogens is 640 g/mol. The van der Waals surface area contributed by atoms with Gasteiger partial charge in [-0.15, -0.1) is 0 Å². The Labute approximate surface area is 281 Å². The number of imidazole rings is 1. The Hall–Kier alpha value is -4.52. The topological polar surface area (TPSA) is 112 Å². The second-order valence-corrected chi connectivity index (χ2v) is 13.5. The first-order valence-electron chi connectivity index (χ1n) is 16.7. The molecule has 0 spiro atoms. The van der Waals surface area contributed by atoms with Crippen molar-refractivity contribution >= 4 is 23.3 Å². The first-order valence-corrected chi connectivity index (χ1v) is 16.7. The normalized spacial score (nSPS) is 22.7. The van der Waals surface area contributed by atoms with Gasteiger partial charge in [0.15, 0.2) is 0 Å². The largest absolute Gasteiger partial charge is 0.453 e. The van der Waals surface area contributed by atoms with Crippen LogP contribution in [-0.2, 0) is 21.4 Å². The predicted molar refractivity (Wildman–Crippen MR) is 176 cm³/mol. The Kier molecular flexibility index (Phi) is 8.36. The van der Waals surface area contributed by atoms with E-state index >= 15 is 17.6 Å². The molecule has 3 aliphatic heterocycles. The van der Waals surface area contributed by atoms with Crippen molar-refractivity contribution in [3.05, 3.63) is 71.3 Å². The van der Waals surface area contributed by atoms with Gasteiger partial charge < -0.3 is 25.3 Å². The van der Waals surface area contributed by atoms with E-state index < -0.39 is 41.1 Å². The van der Waals surface area contributed by atoms with Crippen molar-refractivity contribution in [1.29, 1.82) is 0 Å². The summed E-state index contributed by atoms with van der Waals surface area (Å²) in [7, 11) is 1.22. The van der Waals surface area contributed by atoms with Crippen molar-refractivity contribution < 1.29 is 31.9 Å². The number of aromatic nitrogens is 2. The van der Waals surface area contributed by atoms with Crippen LogP contribution in [0.15, 0.2) is 53.8 Å². The second kappa shape index (κ2) is 12.4. The molecule has 49 heavy (non-hydrogen) atoms. The predicted octanol–water partition coefficient (Wildman–Crippen LogP) is 6.92. The van der Waals surface area contributed by atoms with E-state index in [1.165, 1.54) is 31.5 Å². The van der Waals surface area contributed by atoms with Gasteiger partial charge in [-0.1, -0.05) is 38.1 Å². The van der Waals surface area contributed by atoms with Gasteiger partial charge in [0.25, 0.3) is 0 Å². The molecule has 0 unspecified atom stereocenters. The van der Waals surface area contributed by atoms with Crippen LogP contribution in [0.5, 0.6) is 0 Å². The molecule has 13 heteroatoms. The lowest BCUT2D eigenvalue weighted by atomic mass is 9.78. The molecular formula is C36H38F4N6O3. The third kappa shape index (κ3) is 5.61. The van der Waals surface area contributed by atoms with Crippen LogP contribution >= 0.6 is 0 Å². The van der Waals surface area contributed by atoms with Gasteiger partial charge in [-0.05, 0) is 72.5 Å². The van der Waals surface area contributed by atoms with Gasteiger partial charge in [-0.2, -0.15) is 17.6 Å². The molecule has 0 saturated carbocycles. The fourth-order valence-electron chi connectivity index (χ4n) is 7.43. The maximum Gasteiger partial charge on any atom is 0.407 e. The number of H-pyrrole nitrogens is 1. The highest BCUT2D eigenvalue weighted by Gasteiger charge is 2.63. The summed E-state index contributed by atoms with van der Waals surface area (Å²) in [5.41, 5.74) is 1.35. The van der Waals surface area contributed by atoms with E-state index in [1.54, 1.807) is 23.2 Å². The van der Waals surface area contributed by atoms with Gasteiger partial charge in [0.2, 0.25) is 5.91 Å². The van der Waals surface area contributed by atoms with Crippen molar-refractivity contribution in [1.82, 2.24) is 25.5 Å². The molecule has 1 aromatic heterocycles. The number of alkyl halides is 4. The quantitative estimate of drug-likeness (QED) is 0.235. The van der Waals surface area contributed by atoms with Crippen LogP contribution in [0.1, 0.15) is 74.5 Å². The summed E-state index contributed by atoms with van der Waals surface area (Å²) in [4.78, 5) is 39.2. The third-order valence-corrected chi connectivity index (χ3v) is 10.1. The number of carbonyl (C=O) groups is 2. The van der Waals surface area contributed by atoms with Crippen LogP contribution in [0.25, 0.3) is 28.0 Å². The van der Waals surface area contributed by atoms with Crippen molar-refractivity contribution in [2.45, 2.75) is 75.9 Å². The Morgan fingerprint density at radius 1 is 1.00 bits per heavy atom. The van der Waals surface area contributed by atoms with Crippen molar-refractivity contribution in [3.8, 4) is 22.4 Å². The number of carbonyl (C=O) groups excluding carboxylic acids is 2. The summed E-state index contributed by atoms with van der Waals surface area (Å²) < 4.78 is 68.1. The van der Waals surface area contributed by atoms with Crippen LogP contribution in [0, 0.1) is 5.92 Å². The molecule has 9 nitrogen and oxygen atoms in total. The first kappa shape index (κ1) is 33.0. The highest BCUT2D eigenvalue weighted by molar-refractivity contribution is 6.02. The van der Waals surface area contributed by atoms with Crippen LogP contribution < -0.4 is 10.6 Å². The van der Waals surface area contributed by atoms with Crippen molar-refractivity contribution in [2.75, 3.05) is 20.2 Å². The minimum Gasteiger partial charge on any atom is -0.453 e. The molecule has 0 radical (unpaired) electrons. The van der Waals surface area contributed by atoms with Gasteiger partial charge in [-0.3, -0.25) is 9.79 Å². The minimum atomic E-state index is -4.49. The number of allylic oxidation sites excluding steroid dienone is 1. The number of likely N-dealkylation sites (tertiary alicyclic amines) is 1. The number of ether oxygens (including phenoxy) is 1. The molecule has 258 valence electrons. The standard InChI is InChI=1S/C36H38F4N6O3/c1-19(2)31(45-34(48)49-3)33(47)46-13-5-7-30(46)32-43-18-29(44-32)21-9-11-24-23-10-8-20(22-16-28(42-17-22)27-6-4-12-41-27)14-25(23)35(37,38)36(39,40)26(24)15-21/h8-11,14-15,17-19,27,30-31,41H,4-7,12-13,16H2,1-3H3,(H,43,44)(H,45,48)/t27-,30-,31-/m0/s1. The number of hydrogen-bond acceptors (Lipinski definition) is 6. The number of benzene rings is 2. The van der Waals surface area contributed by atoms with E-state index in [9.17, 15) is 9.59 Å². The number of nitrogens with one attached hydrogen (secondary N) is 3. The average molecular weight is 679 g/mol. The highest BCUT2D eigenvalue weighted by atomic mass is 19.3. The van der Waals surface area contributed by atoms with E-state index in [4.69, 9.17) is 4.74 Å². The molecule has 3 atom stereocenters. The highest BCUT2D eigenvalue weighted by Crippen LogP contribution is 2.58. The van der Waals surface area contributed by atoms with E-state index in [2.05, 4.69) is 25.6 Å². The maximum absolute atomic E-state index is 15.9. The van der Waals surface area contributed by atoms with Gasteiger partial charge >= 0.3 is 17.9 Å². The lowest BCUT2D eigenvalue weighted by molar-refractivity contribution is -0.225. The number of halogens is 4. The molecule has 3 N–H and O–H groups in total. The number of fused-ring (bicyclic) bond motifs is 3. The summed E-state index contributed by atoms with van der Waals surface area (Å²) >= 11 is 0. The molecule has 2 saturated heterocycles. The Morgan fingerprint density at radius 3 is 2.35 bits per heavy atom. The minimum absolute atomic E-state index is 0.0406. The molecule has 2 fully saturated rings. The van der Waals surface area contributed by atoms with Gasteiger partial charge in [0.05, 0.1) is 25.0 Å². The van der Waals surface area contributed by atoms with Crippen molar-refractivity contribution in [2.24, 2.45) is 10.9 Å².